The van der Waals surface area contributed by atoms with Gasteiger partial charge in [0.1, 0.15) is 6.61 Å². The van der Waals surface area contributed by atoms with Gasteiger partial charge in [-0.1, -0.05) is 255 Å². The summed E-state index contributed by atoms with van der Waals surface area (Å²) in [4.78, 5) is 35.3. The van der Waals surface area contributed by atoms with Gasteiger partial charge in [-0.25, -0.2) is 4.57 Å². The van der Waals surface area contributed by atoms with Crippen LogP contribution in [-0.4, -0.2) is 49.3 Å². The maximum absolute atomic E-state index is 12.7. The topological polar surface area (TPSA) is 134 Å². The monoisotopic (exact) mass is 1110 g/mol. The van der Waals surface area contributed by atoms with E-state index in [1.54, 1.807) is 0 Å². The van der Waals surface area contributed by atoms with E-state index in [1.807, 2.05) is 0 Å². The molecule has 2 atom stereocenters. The van der Waals surface area contributed by atoms with Crippen molar-refractivity contribution in [3.05, 3.63) is 158 Å². The number of esters is 2. The SMILES string of the molecule is CC/C=C\C/C=C\C/C=C\C/C=C\C/C=C\C/C=C\C/C=C\C/C=C\C/C=C\CCCCCCCCCC(=O)OC(COC(=O)CCCCCCCCCCCC/C=C\C/C=C\C/C=C\C/C=C\CC)COP(=O)(O)OCCN. The number of hydrogen-bond donors (Lipinski definition) is 2. The van der Waals surface area contributed by atoms with E-state index in [2.05, 4.69) is 172 Å². The molecule has 0 aliphatic heterocycles. The van der Waals surface area contributed by atoms with E-state index < -0.39 is 32.5 Å². The summed E-state index contributed by atoms with van der Waals surface area (Å²) in [6.45, 7) is 3.49. The minimum Gasteiger partial charge on any atom is -0.462 e. The number of unbranched alkanes of at least 4 members (excludes halogenated alkanes) is 17. The first-order chi connectivity index (χ1) is 38.8. The molecule has 0 heterocycles. The second-order valence-corrected chi connectivity index (χ2v) is 21.3. The van der Waals surface area contributed by atoms with E-state index in [0.29, 0.717) is 6.42 Å². The van der Waals surface area contributed by atoms with Crippen LogP contribution in [0, 0.1) is 0 Å². The first-order valence-corrected chi connectivity index (χ1v) is 32.5. The molecule has 0 amide bonds. The molecule has 446 valence electrons. The quantitative estimate of drug-likeness (QED) is 0.0264. The first-order valence-electron chi connectivity index (χ1n) is 31.0. The zero-order chi connectivity index (χ0) is 57.3. The molecular formula is C69H112NO8P. The summed E-state index contributed by atoms with van der Waals surface area (Å²) in [6.07, 6.45) is 91.5. The third-order valence-corrected chi connectivity index (χ3v) is 13.4. The summed E-state index contributed by atoms with van der Waals surface area (Å²) in [5.41, 5.74) is 5.39. The number of carbonyl (C=O) groups is 2. The lowest BCUT2D eigenvalue weighted by atomic mass is 10.1. The zero-order valence-electron chi connectivity index (χ0n) is 49.8. The van der Waals surface area contributed by atoms with Crippen molar-refractivity contribution in [3.8, 4) is 0 Å². The molecular weight excluding hydrogens is 1000 g/mol. The average Bonchev–Trinajstić information content (AvgIpc) is 3.44. The molecule has 0 spiro atoms. The molecule has 0 aromatic heterocycles. The molecule has 0 aliphatic rings. The predicted molar refractivity (Wildman–Crippen MR) is 339 cm³/mol. The number of phosphoric ester groups is 1. The van der Waals surface area contributed by atoms with E-state index in [1.165, 1.54) is 51.4 Å². The molecule has 0 fully saturated rings. The van der Waals surface area contributed by atoms with E-state index in [9.17, 15) is 19.0 Å². The van der Waals surface area contributed by atoms with Crippen LogP contribution in [0.3, 0.4) is 0 Å². The fourth-order valence-electron chi connectivity index (χ4n) is 7.91. The highest BCUT2D eigenvalue weighted by Crippen LogP contribution is 2.43. The van der Waals surface area contributed by atoms with Gasteiger partial charge in [-0.3, -0.25) is 18.6 Å². The fraction of sp³-hybridized carbons (Fsp3) is 0.594. The molecule has 2 unspecified atom stereocenters. The Hall–Kier alpha value is -4.37. The van der Waals surface area contributed by atoms with Gasteiger partial charge in [0, 0.05) is 19.4 Å². The van der Waals surface area contributed by atoms with Crippen LogP contribution in [0.2, 0.25) is 0 Å². The largest absolute Gasteiger partial charge is 0.472 e. The Balaban J connectivity index is 4.04. The van der Waals surface area contributed by atoms with Crippen LogP contribution in [0.25, 0.3) is 0 Å². The third-order valence-electron chi connectivity index (χ3n) is 12.4. The third kappa shape index (κ3) is 62.7. The summed E-state index contributed by atoms with van der Waals surface area (Å²) in [7, 11) is -4.41. The Kier molecular flexibility index (Phi) is 59.3. The van der Waals surface area contributed by atoms with Crippen molar-refractivity contribution in [1.82, 2.24) is 0 Å². The first kappa shape index (κ1) is 74.6. The lowest BCUT2D eigenvalue weighted by Gasteiger charge is -2.19. The van der Waals surface area contributed by atoms with Crippen molar-refractivity contribution < 1.29 is 37.6 Å². The second kappa shape index (κ2) is 62.8. The molecule has 0 aromatic carbocycles. The fourth-order valence-corrected chi connectivity index (χ4v) is 8.68. The van der Waals surface area contributed by atoms with Crippen molar-refractivity contribution in [1.29, 1.82) is 0 Å². The number of nitrogens with two attached hydrogens (primary N) is 1. The van der Waals surface area contributed by atoms with E-state index in [0.717, 1.165) is 148 Å². The highest BCUT2D eigenvalue weighted by molar-refractivity contribution is 7.47. The van der Waals surface area contributed by atoms with Crippen molar-refractivity contribution in [2.45, 2.75) is 238 Å². The lowest BCUT2D eigenvalue weighted by molar-refractivity contribution is -0.161. The van der Waals surface area contributed by atoms with Gasteiger partial charge in [0.2, 0.25) is 0 Å². The number of rotatable bonds is 56. The minimum atomic E-state index is -4.41. The normalized spacial score (nSPS) is 14.1. The summed E-state index contributed by atoms with van der Waals surface area (Å²) in [5, 5.41) is 0. The molecule has 0 saturated carbocycles. The van der Waals surface area contributed by atoms with Gasteiger partial charge in [0.05, 0.1) is 13.2 Å². The maximum Gasteiger partial charge on any atom is 0.472 e. The van der Waals surface area contributed by atoms with Gasteiger partial charge in [0.25, 0.3) is 0 Å². The Bertz CT molecular complexity index is 1850. The number of hydrogen-bond acceptors (Lipinski definition) is 8. The number of phosphoric acid groups is 1. The smallest absolute Gasteiger partial charge is 0.462 e. The molecule has 0 radical (unpaired) electrons. The molecule has 10 heteroatoms. The van der Waals surface area contributed by atoms with E-state index in [-0.39, 0.29) is 32.6 Å². The standard InChI is InChI=1S/C69H112NO8P/c1-3-5-7-9-11-13-15-17-19-21-23-25-27-28-29-30-31-32-33-34-35-36-37-38-40-42-44-46-48-50-52-54-56-58-60-62-69(72)78-67(66-77-79(73,74)76-64-63-70)65-75-68(71)61-59-57-55-53-51-49-47-45-43-41-39-26-24-22-20-18-16-14-12-10-8-6-4-2/h5-8,11-14,17-20,23-26,28-29,31-32,34-35,37-38,42,44,67H,3-4,9-10,15-16,21-22,27,30,33,36,39-41,43,45-66,70H2,1-2H3,(H,73,74)/b7-5-,8-6-,13-11-,14-12-,19-17-,20-18-,25-23-,26-24-,29-28-,32-31-,35-34-,38-37-,44-42-. The summed E-state index contributed by atoms with van der Waals surface area (Å²) in [6, 6.07) is 0. The van der Waals surface area contributed by atoms with Crippen LogP contribution in [0.1, 0.15) is 232 Å². The summed E-state index contributed by atoms with van der Waals surface area (Å²) in [5.74, 6) is -0.855. The second-order valence-electron chi connectivity index (χ2n) is 19.8. The van der Waals surface area contributed by atoms with Crippen molar-refractivity contribution in [3.63, 3.8) is 0 Å². The number of ether oxygens (including phenoxy) is 2. The Morgan fingerprint density at radius 3 is 0.975 bits per heavy atom. The lowest BCUT2D eigenvalue weighted by Crippen LogP contribution is -2.29. The molecule has 0 saturated heterocycles. The maximum atomic E-state index is 12.7. The van der Waals surface area contributed by atoms with Gasteiger partial charge in [-0.15, -0.1) is 0 Å². The number of carbonyl (C=O) groups excluding carboxylic acids is 2. The van der Waals surface area contributed by atoms with Crippen LogP contribution in [0.4, 0.5) is 0 Å². The van der Waals surface area contributed by atoms with Gasteiger partial charge in [0.15, 0.2) is 6.10 Å². The van der Waals surface area contributed by atoms with E-state index in [4.69, 9.17) is 24.3 Å². The molecule has 3 N–H and O–H groups in total. The van der Waals surface area contributed by atoms with Crippen LogP contribution in [0.15, 0.2) is 158 Å². The van der Waals surface area contributed by atoms with Crippen LogP contribution in [0.5, 0.6) is 0 Å². The van der Waals surface area contributed by atoms with Gasteiger partial charge >= 0.3 is 19.8 Å². The van der Waals surface area contributed by atoms with Crippen molar-refractivity contribution in [2.24, 2.45) is 5.73 Å². The van der Waals surface area contributed by atoms with Crippen molar-refractivity contribution >= 4 is 19.8 Å². The van der Waals surface area contributed by atoms with E-state index >= 15 is 0 Å². The van der Waals surface area contributed by atoms with Gasteiger partial charge in [-0.2, -0.15) is 0 Å². The molecule has 0 aliphatic carbocycles. The number of allylic oxidation sites excluding steroid dienone is 26. The molecule has 0 bridgehead atoms. The van der Waals surface area contributed by atoms with Crippen LogP contribution in [-0.2, 0) is 32.7 Å². The Labute approximate surface area is 483 Å². The average molecular weight is 1110 g/mol. The van der Waals surface area contributed by atoms with Gasteiger partial charge < -0.3 is 20.1 Å². The van der Waals surface area contributed by atoms with Gasteiger partial charge in [-0.05, 0) is 122 Å². The minimum absolute atomic E-state index is 0.0424. The zero-order valence-corrected chi connectivity index (χ0v) is 50.7. The molecule has 0 rings (SSSR count). The molecule has 9 nitrogen and oxygen atoms in total. The summed E-state index contributed by atoms with van der Waals surface area (Å²) >= 11 is 0. The molecule has 0 aromatic rings. The Morgan fingerprint density at radius 2 is 0.658 bits per heavy atom. The highest BCUT2D eigenvalue weighted by Gasteiger charge is 2.26. The summed E-state index contributed by atoms with van der Waals surface area (Å²) < 4.78 is 33.1. The van der Waals surface area contributed by atoms with Crippen LogP contribution >= 0.6 is 7.82 Å². The predicted octanol–water partition coefficient (Wildman–Crippen LogP) is 20.1. The van der Waals surface area contributed by atoms with Crippen molar-refractivity contribution in [2.75, 3.05) is 26.4 Å². The molecule has 79 heavy (non-hydrogen) atoms. The Morgan fingerprint density at radius 1 is 0.380 bits per heavy atom. The van der Waals surface area contributed by atoms with Crippen LogP contribution < -0.4 is 5.73 Å². The highest BCUT2D eigenvalue weighted by atomic mass is 31.2.